The van der Waals surface area contributed by atoms with Crippen LogP contribution in [0.1, 0.15) is 13.8 Å². The second kappa shape index (κ2) is 5.65. The van der Waals surface area contributed by atoms with Crippen molar-refractivity contribution in [1.29, 1.82) is 0 Å². The number of thiol groups is 1. The van der Waals surface area contributed by atoms with E-state index in [1.807, 2.05) is 16.9 Å². The maximum absolute atomic E-state index is 4.38. The lowest BCUT2D eigenvalue weighted by atomic mass is 10.1. The van der Waals surface area contributed by atoms with E-state index in [0.717, 1.165) is 17.0 Å². The molecule has 0 bridgehead atoms. The number of hydrogen-bond donors (Lipinski definition) is 1. The lowest BCUT2D eigenvalue weighted by Crippen LogP contribution is -2.03. The molecule has 0 atom stereocenters. The van der Waals surface area contributed by atoms with Crippen LogP contribution in [0.15, 0.2) is 41.6 Å². The van der Waals surface area contributed by atoms with Crippen molar-refractivity contribution in [1.82, 2.24) is 9.78 Å². The predicted molar refractivity (Wildman–Crippen MR) is 77.3 cm³/mol. The SMILES string of the molecule is CC(C)Cn1cc(-c2cccc(SS)c2)cn1. The fourth-order valence-electron chi connectivity index (χ4n) is 1.72. The van der Waals surface area contributed by atoms with Crippen LogP contribution in [-0.4, -0.2) is 9.78 Å². The molecule has 1 aromatic carbocycles. The van der Waals surface area contributed by atoms with Crippen LogP contribution in [0.3, 0.4) is 0 Å². The molecule has 0 radical (unpaired) electrons. The molecule has 0 aliphatic heterocycles. The Hall–Kier alpha value is -0.870. The maximum atomic E-state index is 4.38. The van der Waals surface area contributed by atoms with Crippen molar-refractivity contribution in [2.75, 3.05) is 0 Å². The highest BCUT2D eigenvalue weighted by molar-refractivity contribution is 8.68. The van der Waals surface area contributed by atoms with Crippen molar-refractivity contribution in [3.8, 4) is 11.1 Å². The molecule has 0 amide bonds. The number of rotatable bonds is 4. The highest BCUT2D eigenvalue weighted by Gasteiger charge is 2.04. The molecule has 0 saturated carbocycles. The minimum atomic E-state index is 0.613. The first-order valence-corrected chi connectivity index (χ1v) is 7.50. The van der Waals surface area contributed by atoms with Crippen LogP contribution >= 0.6 is 22.5 Å². The third-order valence-electron chi connectivity index (χ3n) is 2.46. The first kappa shape index (κ1) is 12.6. The largest absolute Gasteiger partial charge is 0.272 e. The summed E-state index contributed by atoms with van der Waals surface area (Å²) in [6.45, 7) is 5.35. The number of hydrogen-bond acceptors (Lipinski definition) is 3. The van der Waals surface area contributed by atoms with Gasteiger partial charge in [0.1, 0.15) is 0 Å². The van der Waals surface area contributed by atoms with Gasteiger partial charge in [-0.25, -0.2) is 0 Å². The van der Waals surface area contributed by atoms with Gasteiger partial charge in [-0.15, -0.1) is 11.7 Å². The van der Waals surface area contributed by atoms with Gasteiger partial charge >= 0.3 is 0 Å². The molecule has 1 aromatic heterocycles. The van der Waals surface area contributed by atoms with E-state index in [1.165, 1.54) is 16.4 Å². The molecule has 0 unspecified atom stereocenters. The van der Waals surface area contributed by atoms with Gasteiger partial charge in [0, 0.05) is 23.2 Å². The maximum Gasteiger partial charge on any atom is 0.0568 e. The second-order valence-corrected chi connectivity index (χ2v) is 5.67. The molecule has 17 heavy (non-hydrogen) atoms. The van der Waals surface area contributed by atoms with Crippen molar-refractivity contribution < 1.29 is 0 Å². The molecular formula is C13H16N2S2. The van der Waals surface area contributed by atoms with Gasteiger partial charge in [-0.1, -0.05) is 36.8 Å². The Morgan fingerprint density at radius 2 is 2.18 bits per heavy atom. The van der Waals surface area contributed by atoms with Crippen LogP contribution < -0.4 is 0 Å². The molecule has 0 fully saturated rings. The van der Waals surface area contributed by atoms with Crippen LogP contribution in [0, 0.1) is 5.92 Å². The average molecular weight is 264 g/mol. The molecule has 4 heteroatoms. The Bertz CT molecular complexity index is 492. The average Bonchev–Trinajstić information content (AvgIpc) is 2.77. The fourth-order valence-corrected chi connectivity index (χ4v) is 2.38. The molecule has 0 aliphatic carbocycles. The molecule has 2 rings (SSSR count). The van der Waals surface area contributed by atoms with Gasteiger partial charge in [0.15, 0.2) is 0 Å². The summed E-state index contributed by atoms with van der Waals surface area (Å²) in [7, 11) is 1.46. The van der Waals surface area contributed by atoms with Gasteiger partial charge in [-0.05, 0) is 23.6 Å². The van der Waals surface area contributed by atoms with Gasteiger partial charge in [0.2, 0.25) is 0 Å². The zero-order valence-corrected chi connectivity index (χ0v) is 11.7. The second-order valence-electron chi connectivity index (χ2n) is 4.46. The molecule has 0 N–H and O–H groups in total. The lowest BCUT2D eigenvalue weighted by Gasteiger charge is -2.03. The van der Waals surface area contributed by atoms with Gasteiger partial charge in [-0.2, -0.15) is 5.10 Å². The Kier molecular flexibility index (Phi) is 4.18. The summed E-state index contributed by atoms with van der Waals surface area (Å²) in [5.41, 5.74) is 2.36. The summed E-state index contributed by atoms with van der Waals surface area (Å²) < 4.78 is 2.00. The molecular weight excluding hydrogens is 248 g/mol. The zero-order chi connectivity index (χ0) is 12.3. The van der Waals surface area contributed by atoms with Crippen LogP contribution in [-0.2, 0) is 6.54 Å². The van der Waals surface area contributed by atoms with Crippen molar-refractivity contribution in [2.24, 2.45) is 5.92 Å². The standard InChI is InChI=1S/C13H16N2S2/c1-10(2)8-15-9-12(7-14-15)11-4-3-5-13(6-11)17-16/h3-7,9-10,16H,8H2,1-2H3. The summed E-state index contributed by atoms with van der Waals surface area (Å²) >= 11 is 4.22. The third kappa shape index (κ3) is 3.30. The summed E-state index contributed by atoms with van der Waals surface area (Å²) in [6, 6.07) is 8.34. The topological polar surface area (TPSA) is 17.8 Å². The van der Waals surface area contributed by atoms with E-state index in [4.69, 9.17) is 0 Å². The Labute approximate surface area is 111 Å². The minimum absolute atomic E-state index is 0.613. The summed E-state index contributed by atoms with van der Waals surface area (Å²) in [6.07, 6.45) is 4.02. The first-order valence-electron chi connectivity index (χ1n) is 5.63. The first-order chi connectivity index (χ1) is 8.19. The summed E-state index contributed by atoms with van der Waals surface area (Å²) in [4.78, 5) is 1.16. The van der Waals surface area contributed by atoms with Crippen molar-refractivity contribution in [3.63, 3.8) is 0 Å². The number of benzene rings is 1. The normalized spacial score (nSPS) is 11.1. The molecule has 0 spiro atoms. The van der Waals surface area contributed by atoms with E-state index in [9.17, 15) is 0 Å². The van der Waals surface area contributed by atoms with Crippen LogP contribution in [0.5, 0.6) is 0 Å². The van der Waals surface area contributed by atoms with E-state index in [0.29, 0.717) is 5.92 Å². The van der Waals surface area contributed by atoms with Crippen molar-refractivity contribution in [3.05, 3.63) is 36.7 Å². The minimum Gasteiger partial charge on any atom is -0.272 e. The highest BCUT2D eigenvalue weighted by atomic mass is 33.1. The molecule has 1 heterocycles. The quantitative estimate of drug-likeness (QED) is 0.660. The smallest absolute Gasteiger partial charge is 0.0568 e. The Morgan fingerprint density at radius 3 is 2.88 bits per heavy atom. The van der Waals surface area contributed by atoms with E-state index in [-0.39, 0.29) is 0 Å². The van der Waals surface area contributed by atoms with E-state index in [1.54, 1.807) is 0 Å². The molecule has 2 nitrogen and oxygen atoms in total. The van der Waals surface area contributed by atoms with E-state index in [2.05, 4.69) is 55.0 Å². The van der Waals surface area contributed by atoms with Gasteiger partial charge in [0.05, 0.1) is 6.20 Å². The third-order valence-corrected chi connectivity index (χ3v) is 3.56. The molecule has 0 aliphatic rings. The summed E-state index contributed by atoms with van der Waals surface area (Å²) in [5, 5.41) is 4.38. The van der Waals surface area contributed by atoms with Crippen molar-refractivity contribution in [2.45, 2.75) is 25.3 Å². The predicted octanol–water partition coefficient (Wildman–Crippen LogP) is 4.14. The molecule has 2 aromatic rings. The Morgan fingerprint density at radius 1 is 1.35 bits per heavy atom. The van der Waals surface area contributed by atoms with E-state index < -0.39 is 0 Å². The van der Waals surface area contributed by atoms with Gasteiger partial charge in [-0.3, -0.25) is 4.68 Å². The van der Waals surface area contributed by atoms with Gasteiger partial charge in [0.25, 0.3) is 0 Å². The lowest BCUT2D eigenvalue weighted by molar-refractivity contribution is 0.483. The zero-order valence-electron chi connectivity index (χ0n) is 10.00. The number of aromatic nitrogens is 2. The highest BCUT2D eigenvalue weighted by Crippen LogP contribution is 2.27. The Balaban J connectivity index is 2.24. The molecule has 90 valence electrons. The van der Waals surface area contributed by atoms with E-state index >= 15 is 0 Å². The monoisotopic (exact) mass is 264 g/mol. The number of nitrogens with zero attached hydrogens (tertiary/aromatic N) is 2. The van der Waals surface area contributed by atoms with Gasteiger partial charge < -0.3 is 0 Å². The summed E-state index contributed by atoms with van der Waals surface area (Å²) in [5.74, 6) is 0.613. The van der Waals surface area contributed by atoms with Crippen molar-refractivity contribution >= 4 is 22.5 Å². The van der Waals surface area contributed by atoms with Crippen LogP contribution in [0.25, 0.3) is 11.1 Å². The van der Waals surface area contributed by atoms with Crippen LogP contribution in [0.4, 0.5) is 0 Å². The molecule has 0 saturated heterocycles. The fraction of sp³-hybridized carbons (Fsp3) is 0.308. The van der Waals surface area contributed by atoms with Crippen LogP contribution in [0.2, 0.25) is 0 Å².